The Kier molecular flexibility index (Phi) is 3.20. The van der Waals surface area contributed by atoms with Crippen LogP contribution in [-0.4, -0.2) is 13.4 Å². The van der Waals surface area contributed by atoms with Gasteiger partial charge in [0.05, 0.1) is 5.69 Å². The molecule has 0 saturated heterocycles. The molecule has 1 aromatic carbocycles. The molecule has 0 saturated carbocycles. The molecule has 6 heteroatoms. The van der Waals surface area contributed by atoms with Crippen LogP contribution in [-0.2, 0) is 10.0 Å². The zero-order valence-corrected chi connectivity index (χ0v) is 10.6. The van der Waals surface area contributed by atoms with Crippen LogP contribution in [0.25, 0.3) is 0 Å². The molecule has 94 valence electrons. The number of pyridine rings is 1. The Labute approximate surface area is 106 Å². The zero-order chi connectivity index (χ0) is 13.2. The van der Waals surface area contributed by atoms with Crippen molar-refractivity contribution in [2.24, 2.45) is 0 Å². The van der Waals surface area contributed by atoms with Crippen LogP contribution in [0.4, 0.5) is 11.4 Å². The number of sulfonamides is 1. The number of hydrogen-bond acceptors (Lipinski definition) is 4. The summed E-state index contributed by atoms with van der Waals surface area (Å²) in [7, 11) is -3.62. The fourth-order valence-electron chi connectivity index (χ4n) is 1.47. The van der Waals surface area contributed by atoms with E-state index in [1.54, 1.807) is 31.2 Å². The molecule has 0 bridgehead atoms. The molecular formula is C12H13N3O2S. The Balaban J connectivity index is 2.37. The van der Waals surface area contributed by atoms with Gasteiger partial charge in [-0.25, -0.2) is 8.42 Å². The third kappa shape index (κ3) is 2.43. The van der Waals surface area contributed by atoms with Gasteiger partial charge in [0.2, 0.25) is 0 Å². The zero-order valence-electron chi connectivity index (χ0n) is 9.79. The molecule has 0 radical (unpaired) electrons. The fraction of sp³-hybridized carbons (Fsp3) is 0.0833. The molecule has 5 nitrogen and oxygen atoms in total. The maximum atomic E-state index is 12.1. The lowest BCUT2D eigenvalue weighted by atomic mass is 10.2. The molecule has 2 rings (SSSR count). The van der Waals surface area contributed by atoms with Crippen molar-refractivity contribution in [2.45, 2.75) is 11.8 Å². The van der Waals surface area contributed by atoms with Crippen LogP contribution in [0, 0.1) is 6.92 Å². The minimum atomic E-state index is -3.62. The van der Waals surface area contributed by atoms with Gasteiger partial charge in [-0.3, -0.25) is 9.71 Å². The van der Waals surface area contributed by atoms with Gasteiger partial charge in [-0.2, -0.15) is 0 Å². The van der Waals surface area contributed by atoms with Crippen LogP contribution in [0.15, 0.2) is 47.6 Å². The van der Waals surface area contributed by atoms with Crippen molar-refractivity contribution in [3.63, 3.8) is 0 Å². The van der Waals surface area contributed by atoms with Gasteiger partial charge in [0.25, 0.3) is 10.0 Å². The second-order valence-corrected chi connectivity index (χ2v) is 5.50. The molecule has 2 aromatic rings. The lowest BCUT2D eigenvalue weighted by molar-refractivity contribution is 0.601. The summed E-state index contributed by atoms with van der Waals surface area (Å²) < 4.78 is 26.6. The maximum absolute atomic E-state index is 12.1. The van der Waals surface area contributed by atoms with Crippen molar-refractivity contribution in [2.75, 3.05) is 10.5 Å². The van der Waals surface area contributed by atoms with E-state index in [1.807, 2.05) is 0 Å². The Bertz CT molecular complexity index is 654. The van der Waals surface area contributed by atoms with Gasteiger partial charge < -0.3 is 5.73 Å². The SMILES string of the molecule is Cc1c(N)cccc1NS(=O)(=O)c1cccnc1. The molecule has 0 aliphatic carbocycles. The number of hydrogen-bond donors (Lipinski definition) is 2. The van der Waals surface area contributed by atoms with E-state index >= 15 is 0 Å². The predicted octanol–water partition coefficient (Wildman–Crippen LogP) is 1.77. The highest BCUT2D eigenvalue weighted by Crippen LogP contribution is 2.23. The monoisotopic (exact) mass is 263 g/mol. The number of nitrogens with zero attached hydrogens (tertiary/aromatic N) is 1. The molecule has 18 heavy (non-hydrogen) atoms. The smallest absolute Gasteiger partial charge is 0.263 e. The number of rotatable bonds is 3. The highest BCUT2D eigenvalue weighted by Gasteiger charge is 2.15. The highest BCUT2D eigenvalue weighted by atomic mass is 32.2. The molecule has 1 aromatic heterocycles. The summed E-state index contributed by atoms with van der Waals surface area (Å²) in [5, 5.41) is 0. The molecule has 3 N–H and O–H groups in total. The topological polar surface area (TPSA) is 85.1 Å². The van der Waals surface area contributed by atoms with Crippen molar-refractivity contribution in [1.29, 1.82) is 0 Å². The van der Waals surface area contributed by atoms with Gasteiger partial charge in [-0.05, 0) is 36.8 Å². The van der Waals surface area contributed by atoms with E-state index in [4.69, 9.17) is 5.73 Å². The van der Waals surface area contributed by atoms with Crippen LogP contribution in [0.5, 0.6) is 0 Å². The summed E-state index contributed by atoms with van der Waals surface area (Å²) in [4.78, 5) is 3.91. The standard InChI is InChI=1S/C12H13N3O2S/c1-9-11(13)5-2-6-12(9)15-18(16,17)10-4-3-7-14-8-10/h2-8,15H,13H2,1H3. The van der Waals surface area contributed by atoms with Gasteiger partial charge in [0.15, 0.2) is 0 Å². The van der Waals surface area contributed by atoms with Crippen LogP contribution < -0.4 is 10.5 Å². The summed E-state index contributed by atoms with van der Waals surface area (Å²) in [5.41, 5.74) is 7.44. The van der Waals surface area contributed by atoms with Crippen molar-refractivity contribution in [3.05, 3.63) is 48.3 Å². The summed E-state index contributed by atoms with van der Waals surface area (Å²) in [5.74, 6) is 0. The minimum absolute atomic E-state index is 0.117. The van der Waals surface area contributed by atoms with Crippen LogP contribution in [0.2, 0.25) is 0 Å². The third-order valence-electron chi connectivity index (χ3n) is 2.56. The largest absolute Gasteiger partial charge is 0.398 e. The third-order valence-corrected chi connectivity index (χ3v) is 3.92. The first kappa shape index (κ1) is 12.4. The van der Waals surface area contributed by atoms with Crippen molar-refractivity contribution < 1.29 is 8.42 Å². The van der Waals surface area contributed by atoms with Crippen molar-refractivity contribution in [1.82, 2.24) is 4.98 Å². The maximum Gasteiger partial charge on any atom is 0.263 e. The lowest BCUT2D eigenvalue weighted by Crippen LogP contribution is -2.14. The van der Waals surface area contributed by atoms with E-state index in [2.05, 4.69) is 9.71 Å². The van der Waals surface area contributed by atoms with E-state index in [0.717, 1.165) is 0 Å². The molecule has 0 fully saturated rings. The van der Waals surface area contributed by atoms with Gasteiger partial charge in [-0.1, -0.05) is 6.07 Å². The molecule has 1 heterocycles. The molecule has 0 amide bonds. The second-order valence-electron chi connectivity index (χ2n) is 3.81. The highest BCUT2D eigenvalue weighted by molar-refractivity contribution is 7.92. The molecule has 0 atom stereocenters. The first-order chi connectivity index (χ1) is 8.50. The van der Waals surface area contributed by atoms with Crippen LogP contribution in [0.1, 0.15) is 5.56 Å². The number of benzene rings is 1. The van der Waals surface area contributed by atoms with E-state index in [1.165, 1.54) is 18.5 Å². The normalized spacial score (nSPS) is 11.2. The summed E-state index contributed by atoms with van der Waals surface area (Å²) >= 11 is 0. The Morgan fingerprint density at radius 1 is 1.22 bits per heavy atom. The Hall–Kier alpha value is -2.08. The number of nitrogen functional groups attached to an aromatic ring is 1. The van der Waals surface area contributed by atoms with Gasteiger partial charge >= 0.3 is 0 Å². The van der Waals surface area contributed by atoms with Gasteiger partial charge in [0.1, 0.15) is 4.90 Å². The second kappa shape index (κ2) is 4.66. The van der Waals surface area contributed by atoms with E-state index in [0.29, 0.717) is 16.9 Å². The average molecular weight is 263 g/mol. The van der Waals surface area contributed by atoms with Crippen molar-refractivity contribution >= 4 is 21.4 Å². The Morgan fingerprint density at radius 2 is 2.00 bits per heavy atom. The molecule has 0 aliphatic heterocycles. The van der Waals surface area contributed by atoms with E-state index in [-0.39, 0.29) is 4.90 Å². The summed E-state index contributed by atoms with van der Waals surface area (Å²) in [6.45, 7) is 1.76. The quantitative estimate of drug-likeness (QED) is 0.826. The van der Waals surface area contributed by atoms with E-state index in [9.17, 15) is 8.42 Å². The molecule has 0 unspecified atom stereocenters. The summed E-state index contributed by atoms with van der Waals surface area (Å²) in [6.07, 6.45) is 2.81. The number of anilines is 2. The van der Waals surface area contributed by atoms with Gasteiger partial charge in [-0.15, -0.1) is 0 Å². The van der Waals surface area contributed by atoms with Crippen molar-refractivity contribution in [3.8, 4) is 0 Å². The Morgan fingerprint density at radius 3 is 2.67 bits per heavy atom. The molecular weight excluding hydrogens is 250 g/mol. The fourth-order valence-corrected chi connectivity index (χ4v) is 2.56. The number of nitrogens with two attached hydrogens (primary N) is 1. The average Bonchev–Trinajstić information content (AvgIpc) is 2.36. The van der Waals surface area contributed by atoms with Crippen LogP contribution in [0.3, 0.4) is 0 Å². The molecule has 0 spiro atoms. The van der Waals surface area contributed by atoms with E-state index < -0.39 is 10.0 Å². The minimum Gasteiger partial charge on any atom is -0.398 e. The molecule has 0 aliphatic rings. The number of aromatic nitrogens is 1. The first-order valence-electron chi connectivity index (χ1n) is 5.28. The number of nitrogens with one attached hydrogen (secondary N) is 1. The first-order valence-corrected chi connectivity index (χ1v) is 6.77. The lowest BCUT2D eigenvalue weighted by Gasteiger charge is -2.11. The van der Waals surface area contributed by atoms with Crippen LogP contribution >= 0.6 is 0 Å². The summed E-state index contributed by atoms with van der Waals surface area (Å²) in [6, 6.07) is 8.14. The predicted molar refractivity (Wildman–Crippen MR) is 70.6 cm³/mol. The van der Waals surface area contributed by atoms with Gasteiger partial charge in [0, 0.05) is 18.1 Å².